The number of hydrogen-bond acceptors (Lipinski definition) is 6. The van der Waals surface area contributed by atoms with E-state index in [0.717, 1.165) is 36.6 Å². The van der Waals surface area contributed by atoms with E-state index in [9.17, 15) is 0 Å². The normalized spacial score (nSPS) is 20.0. The van der Waals surface area contributed by atoms with Crippen LogP contribution in [0.25, 0.3) is 0 Å². The fraction of sp³-hybridized carbons (Fsp3) is 0.171. The van der Waals surface area contributed by atoms with Crippen molar-refractivity contribution in [2.24, 2.45) is 0 Å². The summed E-state index contributed by atoms with van der Waals surface area (Å²) in [5, 5.41) is 0. The summed E-state index contributed by atoms with van der Waals surface area (Å²) in [6.07, 6.45) is 6.62. The van der Waals surface area contributed by atoms with Crippen LogP contribution in [0.3, 0.4) is 0 Å². The minimum absolute atomic E-state index is 0.00276. The van der Waals surface area contributed by atoms with Crippen molar-refractivity contribution < 1.29 is 0 Å². The summed E-state index contributed by atoms with van der Waals surface area (Å²) in [5.41, 5.74) is 12.7. The molecule has 6 heterocycles. The van der Waals surface area contributed by atoms with E-state index in [1.807, 2.05) is 12.4 Å². The minimum Gasteiger partial charge on any atom is -0.318 e. The van der Waals surface area contributed by atoms with Crippen molar-refractivity contribution in [3.05, 3.63) is 156 Å². The fourth-order valence-electron chi connectivity index (χ4n) is 8.49. The van der Waals surface area contributed by atoms with Crippen molar-refractivity contribution in [2.75, 3.05) is 19.6 Å². The maximum atomic E-state index is 4.97. The van der Waals surface area contributed by atoms with E-state index in [2.05, 4.69) is 148 Å². The van der Waals surface area contributed by atoms with E-state index in [4.69, 9.17) is 9.97 Å². The van der Waals surface area contributed by atoms with E-state index < -0.39 is 0 Å². The highest BCUT2D eigenvalue weighted by Crippen LogP contribution is 2.59. The molecule has 5 aromatic carbocycles. The highest BCUT2D eigenvalue weighted by Gasteiger charge is 2.53. The lowest BCUT2D eigenvalue weighted by atomic mass is 9.89. The number of hydrogen-bond donors (Lipinski definition) is 0. The Morgan fingerprint density at radius 1 is 0.553 bits per heavy atom. The zero-order valence-electron chi connectivity index (χ0n) is 26.2. The van der Waals surface area contributed by atoms with Crippen molar-refractivity contribution in [3.63, 3.8) is 0 Å². The van der Waals surface area contributed by atoms with Crippen LogP contribution >= 0.6 is 0 Å². The average Bonchev–Trinajstić information content (AvgIpc) is 3.74. The smallest absolute Gasteiger partial charge is 0.178 e. The van der Waals surface area contributed by atoms with E-state index in [1.54, 1.807) is 0 Å². The van der Waals surface area contributed by atoms with Crippen LogP contribution in [0.2, 0.25) is 0 Å². The van der Waals surface area contributed by atoms with Crippen LogP contribution in [-0.2, 0) is 12.8 Å². The van der Waals surface area contributed by atoms with E-state index in [0.29, 0.717) is 0 Å². The molecule has 3 unspecified atom stereocenters. The predicted molar refractivity (Wildman–Crippen MR) is 190 cm³/mol. The zero-order chi connectivity index (χ0) is 31.1. The van der Waals surface area contributed by atoms with E-state index in [1.165, 1.54) is 50.7 Å². The molecule has 0 fully saturated rings. The lowest BCUT2D eigenvalue weighted by Gasteiger charge is -2.38. The second-order valence-electron chi connectivity index (χ2n) is 13.1. The summed E-state index contributed by atoms with van der Waals surface area (Å²) in [7, 11) is 0. The first-order valence-electron chi connectivity index (χ1n) is 16.6. The third kappa shape index (κ3) is 3.91. The molecular weight excluding hydrogens is 576 g/mol. The van der Waals surface area contributed by atoms with Crippen molar-refractivity contribution in [1.29, 1.82) is 0 Å². The summed E-state index contributed by atoms with van der Waals surface area (Å²) in [4.78, 5) is 20.0. The van der Waals surface area contributed by atoms with Crippen LogP contribution < -0.4 is 19.6 Å². The zero-order valence-corrected chi connectivity index (χ0v) is 26.2. The highest BCUT2D eigenvalue weighted by molar-refractivity contribution is 5.90. The first-order valence-corrected chi connectivity index (χ1v) is 16.6. The number of benzene rings is 5. The number of rotatable bonds is 4. The van der Waals surface area contributed by atoms with Crippen LogP contribution in [0.15, 0.2) is 134 Å². The van der Waals surface area contributed by atoms with Gasteiger partial charge in [0.2, 0.25) is 0 Å². The monoisotopic (exact) mass is 610 g/mol. The van der Waals surface area contributed by atoms with Gasteiger partial charge in [-0.25, -0.2) is 9.97 Å². The van der Waals surface area contributed by atoms with Gasteiger partial charge in [0, 0.05) is 41.1 Å². The van der Waals surface area contributed by atoms with Crippen molar-refractivity contribution in [3.8, 4) is 0 Å². The highest BCUT2D eigenvalue weighted by atomic mass is 15.5. The molecule has 228 valence electrons. The Balaban J connectivity index is 1.20. The molecule has 1 aromatic heterocycles. The standard InChI is InChI=1S/C41H34N6/c1-27-9-5-6-12-34(27)46-37-14-8-7-13-36(37)44(30-10-3-2-4-11-30)38(46)26-33-32-25-29-16-15-28-17-20-31(21-18-28)45-39-40(43-24-23-42-39)47(41(33)45)35(32)22-19-29/h2-14,17-25,33,38,41H,15-16,26H2,1H3. The van der Waals surface area contributed by atoms with Crippen LogP contribution in [0, 0.1) is 6.92 Å². The molecule has 0 aliphatic carbocycles. The number of aromatic nitrogens is 2. The summed E-state index contributed by atoms with van der Waals surface area (Å²) in [5.74, 6) is 2.02. The molecule has 0 saturated heterocycles. The van der Waals surface area contributed by atoms with Crippen LogP contribution in [0.1, 0.15) is 34.6 Å². The fourth-order valence-corrected chi connectivity index (χ4v) is 8.49. The van der Waals surface area contributed by atoms with Crippen LogP contribution in [-0.4, -0.2) is 22.3 Å². The van der Waals surface area contributed by atoms with Gasteiger partial charge in [-0.05, 0) is 97.0 Å². The topological polar surface area (TPSA) is 38.7 Å². The Hall–Kier alpha value is -5.62. The summed E-state index contributed by atoms with van der Waals surface area (Å²) in [6.45, 7) is 2.23. The molecule has 0 N–H and O–H groups in total. The van der Waals surface area contributed by atoms with Gasteiger partial charge in [0.25, 0.3) is 0 Å². The van der Waals surface area contributed by atoms with Gasteiger partial charge in [-0.1, -0.05) is 72.8 Å². The second kappa shape index (κ2) is 10.2. The predicted octanol–water partition coefficient (Wildman–Crippen LogP) is 9.30. The number of fused-ring (bicyclic) bond motifs is 7. The quantitative estimate of drug-likeness (QED) is 0.198. The van der Waals surface area contributed by atoms with Gasteiger partial charge in [0.05, 0.1) is 11.4 Å². The molecule has 3 atom stereocenters. The van der Waals surface area contributed by atoms with Crippen LogP contribution in [0.5, 0.6) is 0 Å². The number of nitrogens with zero attached hydrogens (tertiary/aromatic N) is 6. The lowest BCUT2D eigenvalue weighted by molar-refractivity contribution is 0.486. The Labute approximate surface area is 275 Å². The maximum absolute atomic E-state index is 4.97. The average molecular weight is 611 g/mol. The molecular formula is C41H34N6. The van der Waals surface area contributed by atoms with E-state index >= 15 is 0 Å². The lowest BCUT2D eigenvalue weighted by Crippen LogP contribution is -2.45. The third-order valence-electron chi connectivity index (χ3n) is 10.5. The van der Waals surface area contributed by atoms with Crippen LogP contribution in [0.4, 0.5) is 45.8 Å². The molecule has 0 saturated carbocycles. The molecule has 6 heteroatoms. The first-order chi connectivity index (χ1) is 23.2. The molecule has 0 spiro atoms. The number of aryl methyl sites for hydroxylation is 3. The number of para-hydroxylation sites is 4. The van der Waals surface area contributed by atoms with Gasteiger partial charge < -0.3 is 19.6 Å². The Kier molecular flexibility index (Phi) is 5.77. The Morgan fingerprint density at radius 2 is 1.17 bits per heavy atom. The molecule has 5 aliphatic rings. The van der Waals surface area contributed by atoms with E-state index in [-0.39, 0.29) is 18.2 Å². The minimum atomic E-state index is 0.00276. The van der Waals surface area contributed by atoms with Crippen molar-refractivity contribution in [2.45, 2.75) is 44.4 Å². The Bertz CT molecular complexity index is 2130. The molecule has 5 aliphatic heterocycles. The molecule has 6 nitrogen and oxygen atoms in total. The molecule has 0 amide bonds. The van der Waals surface area contributed by atoms with Gasteiger partial charge in [0.15, 0.2) is 11.6 Å². The summed E-state index contributed by atoms with van der Waals surface area (Å²) in [6, 6.07) is 44.9. The summed E-state index contributed by atoms with van der Waals surface area (Å²) >= 11 is 0. The first kappa shape index (κ1) is 26.6. The van der Waals surface area contributed by atoms with Crippen molar-refractivity contribution >= 4 is 45.8 Å². The van der Waals surface area contributed by atoms with Gasteiger partial charge in [-0.3, -0.25) is 0 Å². The van der Waals surface area contributed by atoms with Crippen molar-refractivity contribution in [1.82, 2.24) is 9.97 Å². The number of anilines is 8. The SMILES string of the molecule is Cc1ccccc1N1c2ccccc2N(c2ccccc2)C1CC1c2cc3ccc2N2c4nccnc4N(c4ccc(cc4)CC3)C12. The van der Waals surface area contributed by atoms with Gasteiger partial charge in [0.1, 0.15) is 12.3 Å². The largest absolute Gasteiger partial charge is 0.318 e. The second-order valence-corrected chi connectivity index (χ2v) is 13.1. The summed E-state index contributed by atoms with van der Waals surface area (Å²) < 4.78 is 0. The molecule has 6 aromatic rings. The molecule has 0 radical (unpaired) electrons. The van der Waals surface area contributed by atoms with Gasteiger partial charge >= 0.3 is 0 Å². The third-order valence-corrected chi connectivity index (χ3v) is 10.5. The molecule has 11 rings (SSSR count). The van der Waals surface area contributed by atoms with Gasteiger partial charge in [-0.15, -0.1) is 0 Å². The Morgan fingerprint density at radius 3 is 1.94 bits per heavy atom. The van der Waals surface area contributed by atoms with Gasteiger partial charge in [-0.2, -0.15) is 0 Å². The maximum Gasteiger partial charge on any atom is 0.178 e. The molecule has 47 heavy (non-hydrogen) atoms. The molecule has 5 bridgehead atoms.